The van der Waals surface area contributed by atoms with E-state index < -0.39 is 0 Å². The van der Waals surface area contributed by atoms with E-state index in [1.807, 2.05) is 49.4 Å². The number of rotatable bonds is 7. The monoisotopic (exact) mass is 419 g/mol. The summed E-state index contributed by atoms with van der Waals surface area (Å²) in [5, 5.41) is 7.59. The van der Waals surface area contributed by atoms with E-state index in [2.05, 4.69) is 15.8 Å². The maximum Gasteiger partial charge on any atom is 0.255 e. The summed E-state index contributed by atoms with van der Waals surface area (Å²) in [6.07, 6.45) is 1.04. The SMILES string of the molecule is C/C(=N/NC(=O)CCc1ccccc1)c1ccc(NC(=O)c2ccc(Cl)cc2)cc1. The predicted octanol–water partition coefficient (Wildman–Crippen LogP) is 5.07. The van der Waals surface area contributed by atoms with E-state index >= 15 is 0 Å². The number of amides is 2. The van der Waals surface area contributed by atoms with Crippen molar-refractivity contribution in [2.45, 2.75) is 19.8 Å². The molecular weight excluding hydrogens is 398 g/mol. The molecule has 0 atom stereocenters. The van der Waals surface area contributed by atoms with Gasteiger partial charge in [-0.1, -0.05) is 54.1 Å². The van der Waals surface area contributed by atoms with E-state index in [9.17, 15) is 9.59 Å². The van der Waals surface area contributed by atoms with Gasteiger partial charge in [0.25, 0.3) is 5.91 Å². The third kappa shape index (κ3) is 6.29. The zero-order valence-electron chi connectivity index (χ0n) is 16.6. The lowest BCUT2D eigenvalue weighted by molar-refractivity contribution is -0.121. The smallest absolute Gasteiger partial charge is 0.255 e. The molecular formula is C24H22ClN3O2. The van der Waals surface area contributed by atoms with E-state index in [1.54, 1.807) is 36.4 Å². The second kappa shape index (κ2) is 10.4. The van der Waals surface area contributed by atoms with Gasteiger partial charge in [0, 0.05) is 22.7 Å². The minimum Gasteiger partial charge on any atom is -0.322 e. The Morgan fingerprint density at radius 2 is 1.50 bits per heavy atom. The normalized spacial score (nSPS) is 11.1. The van der Waals surface area contributed by atoms with Crippen molar-refractivity contribution in [3.63, 3.8) is 0 Å². The molecule has 3 rings (SSSR count). The van der Waals surface area contributed by atoms with Crippen LogP contribution in [0.5, 0.6) is 0 Å². The van der Waals surface area contributed by atoms with E-state index in [0.29, 0.717) is 34.8 Å². The summed E-state index contributed by atoms with van der Waals surface area (Å²) in [5.74, 6) is -0.347. The molecule has 0 saturated heterocycles. The van der Waals surface area contributed by atoms with Crippen molar-refractivity contribution in [3.8, 4) is 0 Å². The molecule has 6 heteroatoms. The van der Waals surface area contributed by atoms with Crippen molar-refractivity contribution >= 4 is 34.8 Å². The molecule has 0 radical (unpaired) electrons. The topological polar surface area (TPSA) is 70.6 Å². The Kier molecular flexibility index (Phi) is 7.35. The van der Waals surface area contributed by atoms with Crippen molar-refractivity contribution in [1.82, 2.24) is 5.43 Å². The van der Waals surface area contributed by atoms with Gasteiger partial charge in [0.2, 0.25) is 5.91 Å². The number of carbonyl (C=O) groups excluding carboxylic acids is 2. The zero-order valence-corrected chi connectivity index (χ0v) is 17.3. The predicted molar refractivity (Wildman–Crippen MR) is 121 cm³/mol. The number of aryl methyl sites for hydroxylation is 1. The van der Waals surface area contributed by atoms with Crippen LogP contribution in [0.4, 0.5) is 5.69 Å². The molecule has 3 aromatic carbocycles. The molecule has 2 amide bonds. The summed E-state index contributed by atoms with van der Waals surface area (Å²) < 4.78 is 0. The van der Waals surface area contributed by atoms with Crippen LogP contribution in [0.15, 0.2) is 84.0 Å². The number of anilines is 1. The molecule has 0 aliphatic heterocycles. The summed E-state index contributed by atoms with van der Waals surface area (Å²) in [6.45, 7) is 1.82. The molecule has 0 aliphatic carbocycles. The van der Waals surface area contributed by atoms with Gasteiger partial charge < -0.3 is 5.32 Å². The molecule has 0 unspecified atom stereocenters. The van der Waals surface area contributed by atoms with Crippen LogP contribution in [-0.4, -0.2) is 17.5 Å². The number of nitrogens with zero attached hydrogens (tertiary/aromatic N) is 1. The second-order valence-corrected chi connectivity index (χ2v) is 7.19. The van der Waals surface area contributed by atoms with Crippen molar-refractivity contribution in [2.24, 2.45) is 5.10 Å². The summed E-state index contributed by atoms with van der Waals surface area (Å²) in [5.41, 5.74) is 6.43. The van der Waals surface area contributed by atoms with Crippen LogP contribution in [0, 0.1) is 0 Å². The van der Waals surface area contributed by atoms with Crippen LogP contribution in [0.1, 0.15) is 34.8 Å². The summed E-state index contributed by atoms with van der Waals surface area (Å²) in [6, 6.07) is 23.8. The van der Waals surface area contributed by atoms with Crippen LogP contribution in [-0.2, 0) is 11.2 Å². The van der Waals surface area contributed by atoms with Gasteiger partial charge in [-0.05, 0) is 60.9 Å². The number of hydrogen-bond donors (Lipinski definition) is 2. The van der Waals surface area contributed by atoms with Crippen LogP contribution in [0.25, 0.3) is 0 Å². The Bertz CT molecular complexity index is 1030. The standard InChI is InChI=1S/C24H22ClN3O2/c1-17(27-28-23(29)16-7-18-5-3-2-4-6-18)19-10-14-22(15-11-19)26-24(30)20-8-12-21(25)13-9-20/h2-6,8-15H,7,16H2,1H3,(H,26,30)(H,28,29)/b27-17-. The van der Waals surface area contributed by atoms with Gasteiger partial charge in [-0.25, -0.2) is 5.43 Å². The van der Waals surface area contributed by atoms with E-state index in [0.717, 1.165) is 11.1 Å². The molecule has 2 N–H and O–H groups in total. The molecule has 0 heterocycles. The van der Waals surface area contributed by atoms with Crippen LogP contribution >= 0.6 is 11.6 Å². The van der Waals surface area contributed by atoms with Crippen molar-refractivity contribution in [3.05, 3.63) is 101 Å². The maximum atomic E-state index is 12.3. The van der Waals surface area contributed by atoms with Crippen LogP contribution in [0.2, 0.25) is 5.02 Å². The fourth-order valence-electron chi connectivity index (χ4n) is 2.77. The van der Waals surface area contributed by atoms with Crippen LogP contribution < -0.4 is 10.7 Å². The number of halogens is 1. The van der Waals surface area contributed by atoms with Gasteiger partial charge >= 0.3 is 0 Å². The molecule has 0 spiro atoms. The number of hydrogen-bond acceptors (Lipinski definition) is 3. The van der Waals surface area contributed by atoms with Gasteiger partial charge in [0.15, 0.2) is 0 Å². The van der Waals surface area contributed by atoms with Gasteiger partial charge in [0.05, 0.1) is 5.71 Å². The third-order valence-electron chi connectivity index (χ3n) is 4.50. The first-order chi connectivity index (χ1) is 14.5. The Morgan fingerprint density at radius 3 is 2.17 bits per heavy atom. The lowest BCUT2D eigenvalue weighted by Crippen LogP contribution is -2.19. The lowest BCUT2D eigenvalue weighted by Gasteiger charge is -2.07. The van der Waals surface area contributed by atoms with E-state index in [-0.39, 0.29) is 11.8 Å². The highest BCUT2D eigenvalue weighted by atomic mass is 35.5. The largest absolute Gasteiger partial charge is 0.322 e. The van der Waals surface area contributed by atoms with E-state index in [4.69, 9.17) is 11.6 Å². The quantitative estimate of drug-likeness (QED) is 0.414. The molecule has 0 fully saturated rings. The first-order valence-corrected chi connectivity index (χ1v) is 9.93. The van der Waals surface area contributed by atoms with Gasteiger partial charge in [-0.2, -0.15) is 5.10 Å². The Morgan fingerprint density at radius 1 is 0.867 bits per heavy atom. The lowest BCUT2D eigenvalue weighted by atomic mass is 10.1. The third-order valence-corrected chi connectivity index (χ3v) is 4.75. The Hall–Kier alpha value is -3.44. The average molecular weight is 420 g/mol. The fraction of sp³-hybridized carbons (Fsp3) is 0.125. The molecule has 30 heavy (non-hydrogen) atoms. The molecule has 152 valence electrons. The highest BCUT2D eigenvalue weighted by Gasteiger charge is 2.07. The number of benzene rings is 3. The molecule has 0 aromatic heterocycles. The summed E-state index contributed by atoms with van der Waals surface area (Å²) in [7, 11) is 0. The Labute approximate surface area is 180 Å². The Balaban J connectivity index is 1.52. The van der Waals surface area contributed by atoms with Crippen molar-refractivity contribution < 1.29 is 9.59 Å². The maximum absolute atomic E-state index is 12.3. The average Bonchev–Trinajstić information content (AvgIpc) is 2.77. The summed E-state index contributed by atoms with van der Waals surface area (Å²) >= 11 is 5.85. The first-order valence-electron chi connectivity index (χ1n) is 9.55. The molecule has 3 aromatic rings. The number of carbonyl (C=O) groups is 2. The molecule has 5 nitrogen and oxygen atoms in total. The van der Waals surface area contributed by atoms with Crippen molar-refractivity contribution in [2.75, 3.05) is 5.32 Å². The van der Waals surface area contributed by atoms with E-state index in [1.165, 1.54) is 0 Å². The van der Waals surface area contributed by atoms with Gasteiger partial charge in [-0.3, -0.25) is 9.59 Å². The minimum atomic E-state index is -0.213. The highest BCUT2D eigenvalue weighted by molar-refractivity contribution is 6.30. The van der Waals surface area contributed by atoms with Gasteiger partial charge in [-0.15, -0.1) is 0 Å². The van der Waals surface area contributed by atoms with Gasteiger partial charge in [0.1, 0.15) is 0 Å². The first kappa shape index (κ1) is 21.3. The summed E-state index contributed by atoms with van der Waals surface area (Å²) in [4.78, 5) is 24.3. The molecule has 0 bridgehead atoms. The highest BCUT2D eigenvalue weighted by Crippen LogP contribution is 2.14. The van der Waals surface area contributed by atoms with Crippen molar-refractivity contribution in [1.29, 1.82) is 0 Å². The molecule has 0 aliphatic rings. The van der Waals surface area contributed by atoms with Crippen LogP contribution in [0.3, 0.4) is 0 Å². The fourth-order valence-corrected chi connectivity index (χ4v) is 2.89. The zero-order chi connectivity index (χ0) is 21.3. The molecule has 0 saturated carbocycles. The minimum absolute atomic E-state index is 0.134. The second-order valence-electron chi connectivity index (χ2n) is 6.76. The number of hydrazone groups is 1. The number of nitrogens with one attached hydrogen (secondary N) is 2.